The molecule has 1 aromatic carbocycles. The second-order valence-electron chi connectivity index (χ2n) is 4.96. The number of anilines is 1. The molecule has 0 saturated carbocycles. The van der Waals surface area contributed by atoms with Crippen LogP contribution in [0, 0.1) is 0 Å². The zero-order valence-electron chi connectivity index (χ0n) is 11.1. The van der Waals surface area contributed by atoms with E-state index in [-0.39, 0.29) is 11.9 Å². The van der Waals surface area contributed by atoms with Gasteiger partial charge in [-0.15, -0.1) is 11.3 Å². The van der Waals surface area contributed by atoms with Gasteiger partial charge < -0.3 is 10.6 Å². The summed E-state index contributed by atoms with van der Waals surface area (Å²) in [6.45, 7) is 0. The first-order valence-corrected chi connectivity index (χ1v) is 8.07. The number of nitrogens with zero attached hydrogens (tertiary/aromatic N) is 1. The predicted octanol–water partition coefficient (Wildman–Crippen LogP) is 3.47. The molecule has 1 aliphatic heterocycles. The van der Waals surface area contributed by atoms with Crippen molar-refractivity contribution in [2.75, 3.05) is 11.9 Å². The van der Waals surface area contributed by atoms with Crippen molar-refractivity contribution in [3.63, 3.8) is 0 Å². The van der Waals surface area contributed by atoms with Crippen molar-refractivity contribution in [1.82, 2.24) is 0 Å². The Bertz CT molecular complexity index is 668. The number of hydrogen-bond donors (Lipinski definition) is 1. The van der Waals surface area contributed by atoms with E-state index in [1.165, 1.54) is 5.56 Å². The van der Waals surface area contributed by atoms with Gasteiger partial charge in [0.1, 0.15) is 0 Å². The average molecular weight is 351 g/mol. The van der Waals surface area contributed by atoms with Gasteiger partial charge in [-0.1, -0.05) is 12.1 Å². The zero-order valence-corrected chi connectivity index (χ0v) is 13.5. The number of halogens is 1. The SMILES string of the molecule is CN1C(=O)CCc2cc(C(N)c3ccc(Br)s3)ccc21. The van der Waals surface area contributed by atoms with Crippen LogP contribution >= 0.6 is 27.3 Å². The first-order valence-electron chi connectivity index (χ1n) is 6.46. The van der Waals surface area contributed by atoms with E-state index >= 15 is 0 Å². The number of carbonyl (C=O) groups is 1. The number of benzene rings is 1. The van der Waals surface area contributed by atoms with Gasteiger partial charge in [-0.05, 0) is 51.7 Å². The van der Waals surface area contributed by atoms with E-state index in [1.807, 2.05) is 25.2 Å². The minimum Gasteiger partial charge on any atom is -0.320 e. The van der Waals surface area contributed by atoms with E-state index in [4.69, 9.17) is 5.73 Å². The fourth-order valence-corrected chi connectivity index (χ4v) is 3.98. The summed E-state index contributed by atoms with van der Waals surface area (Å²) in [4.78, 5) is 14.6. The third kappa shape index (κ3) is 2.41. The molecule has 1 atom stereocenters. The molecule has 1 aromatic heterocycles. The molecule has 0 bridgehead atoms. The molecule has 0 radical (unpaired) electrons. The van der Waals surface area contributed by atoms with Gasteiger partial charge in [0.2, 0.25) is 5.91 Å². The summed E-state index contributed by atoms with van der Waals surface area (Å²) in [5, 5.41) is 0. The molecule has 0 saturated heterocycles. The first-order chi connectivity index (χ1) is 9.56. The molecule has 1 aliphatic rings. The summed E-state index contributed by atoms with van der Waals surface area (Å²) in [6, 6.07) is 10.1. The van der Waals surface area contributed by atoms with Crippen molar-refractivity contribution < 1.29 is 4.79 Å². The molecular formula is C15H15BrN2OS. The number of hydrogen-bond acceptors (Lipinski definition) is 3. The van der Waals surface area contributed by atoms with Crippen LogP contribution in [0.4, 0.5) is 5.69 Å². The predicted molar refractivity (Wildman–Crippen MR) is 86.2 cm³/mol. The Morgan fingerprint density at radius 3 is 2.80 bits per heavy atom. The van der Waals surface area contributed by atoms with E-state index in [0.717, 1.165) is 26.3 Å². The lowest BCUT2D eigenvalue weighted by Gasteiger charge is -2.26. The van der Waals surface area contributed by atoms with Gasteiger partial charge in [-0.2, -0.15) is 0 Å². The highest BCUT2D eigenvalue weighted by Gasteiger charge is 2.22. The molecule has 0 aliphatic carbocycles. The van der Waals surface area contributed by atoms with Crippen molar-refractivity contribution in [2.24, 2.45) is 5.73 Å². The van der Waals surface area contributed by atoms with Crippen molar-refractivity contribution in [1.29, 1.82) is 0 Å². The van der Waals surface area contributed by atoms with Crippen molar-refractivity contribution >= 4 is 38.9 Å². The Kier molecular flexibility index (Phi) is 3.67. The largest absolute Gasteiger partial charge is 0.320 e. The summed E-state index contributed by atoms with van der Waals surface area (Å²) in [7, 11) is 1.83. The molecule has 2 aromatic rings. The van der Waals surface area contributed by atoms with Crippen LogP contribution in [0.5, 0.6) is 0 Å². The lowest BCUT2D eigenvalue weighted by Crippen LogP contribution is -2.31. The molecule has 3 nitrogen and oxygen atoms in total. The van der Waals surface area contributed by atoms with Crippen LogP contribution in [0.1, 0.15) is 28.5 Å². The Labute approximate surface area is 130 Å². The Hall–Kier alpha value is -1.17. The number of aryl methyl sites for hydroxylation is 1. The molecule has 5 heteroatoms. The number of carbonyl (C=O) groups excluding carboxylic acids is 1. The first kappa shape index (κ1) is 13.8. The quantitative estimate of drug-likeness (QED) is 0.901. The van der Waals surface area contributed by atoms with Gasteiger partial charge in [0.15, 0.2) is 0 Å². The lowest BCUT2D eigenvalue weighted by atomic mass is 9.96. The van der Waals surface area contributed by atoms with Gasteiger partial charge in [0, 0.05) is 24.0 Å². The smallest absolute Gasteiger partial charge is 0.227 e. The zero-order chi connectivity index (χ0) is 14.3. The van der Waals surface area contributed by atoms with Gasteiger partial charge >= 0.3 is 0 Å². The summed E-state index contributed by atoms with van der Waals surface area (Å²) >= 11 is 5.12. The highest BCUT2D eigenvalue weighted by atomic mass is 79.9. The maximum atomic E-state index is 11.7. The fraction of sp³-hybridized carbons (Fsp3) is 0.267. The molecule has 0 spiro atoms. The van der Waals surface area contributed by atoms with Gasteiger partial charge in [0.05, 0.1) is 9.83 Å². The van der Waals surface area contributed by atoms with E-state index in [9.17, 15) is 4.79 Å². The van der Waals surface area contributed by atoms with Crippen molar-refractivity contribution in [3.8, 4) is 0 Å². The summed E-state index contributed by atoms with van der Waals surface area (Å²) in [5.41, 5.74) is 9.64. The van der Waals surface area contributed by atoms with Crippen LogP contribution in [-0.2, 0) is 11.2 Å². The second-order valence-corrected chi connectivity index (χ2v) is 7.46. The summed E-state index contributed by atoms with van der Waals surface area (Å²) in [6.07, 6.45) is 1.37. The van der Waals surface area contributed by atoms with E-state index in [1.54, 1.807) is 16.2 Å². The van der Waals surface area contributed by atoms with Gasteiger partial charge in [-0.25, -0.2) is 0 Å². The van der Waals surface area contributed by atoms with E-state index < -0.39 is 0 Å². The van der Waals surface area contributed by atoms with Crippen LogP contribution in [-0.4, -0.2) is 13.0 Å². The van der Waals surface area contributed by atoms with Crippen LogP contribution in [0.25, 0.3) is 0 Å². The highest BCUT2D eigenvalue weighted by molar-refractivity contribution is 9.11. The van der Waals surface area contributed by atoms with Crippen molar-refractivity contribution in [2.45, 2.75) is 18.9 Å². The van der Waals surface area contributed by atoms with E-state index in [2.05, 4.69) is 28.1 Å². The number of amides is 1. The van der Waals surface area contributed by atoms with E-state index in [0.29, 0.717) is 6.42 Å². The monoisotopic (exact) mass is 350 g/mol. The van der Waals surface area contributed by atoms with Crippen LogP contribution in [0.2, 0.25) is 0 Å². The van der Waals surface area contributed by atoms with Gasteiger partial charge in [-0.3, -0.25) is 4.79 Å². The molecule has 1 amide bonds. The molecular weight excluding hydrogens is 336 g/mol. The Balaban J connectivity index is 1.95. The number of nitrogens with two attached hydrogens (primary N) is 1. The van der Waals surface area contributed by atoms with Crippen LogP contribution < -0.4 is 10.6 Å². The number of thiophene rings is 1. The molecule has 1 unspecified atom stereocenters. The average Bonchev–Trinajstić information content (AvgIpc) is 2.88. The standard InChI is InChI=1S/C15H15BrN2OS/c1-18-11-4-2-10(8-9(11)3-7-14(18)19)15(17)12-5-6-13(16)20-12/h2,4-6,8,15H,3,7,17H2,1H3. The minimum atomic E-state index is -0.112. The minimum absolute atomic E-state index is 0.112. The Morgan fingerprint density at radius 2 is 2.10 bits per heavy atom. The van der Waals surface area contributed by atoms with Crippen LogP contribution in [0.15, 0.2) is 34.1 Å². The maximum absolute atomic E-state index is 11.7. The van der Waals surface area contributed by atoms with Crippen LogP contribution in [0.3, 0.4) is 0 Å². The molecule has 20 heavy (non-hydrogen) atoms. The van der Waals surface area contributed by atoms with Gasteiger partial charge in [0.25, 0.3) is 0 Å². The fourth-order valence-electron chi connectivity index (χ4n) is 2.53. The van der Waals surface area contributed by atoms with Crippen molar-refractivity contribution in [3.05, 3.63) is 50.1 Å². The Morgan fingerprint density at radius 1 is 1.30 bits per heavy atom. The summed E-state index contributed by atoms with van der Waals surface area (Å²) in [5.74, 6) is 0.178. The topological polar surface area (TPSA) is 46.3 Å². The molecule has 2 N–H and O–H groups in total. The third-order valence-electron chi connectivity index (χ3n) is 3.71. The second kappa shape index (κ2) is 5.31. The molecule has 0 fully saturated rings. The molecule has 3 rings (SSSR count). The highest BCUT2D eigenvalue weighted by Crippen LogP contribution is 2.33. The number of rotatable bonds is 2. The molecule has 2 heterocycles. The third-order valence-corrected chi connectivity index (χ3v) is 5.41. The maximum Gasteiger partial charge on any atom is 0.227 e. The molecule has 104 valence electrons. The normalized spacial score (nSPS) is 16.1. The number of fused-ring (bicyclic) bond motifs is 1. The lowest BCUT2D eigenvalue weighted by molar-refractivity contribution is -0.118. The summed E-state index contributed by atoms with van der Waals surface area (Å²) < 4.78 is 1.09.